The van der Waals surface area contributed by atoms with Gasteiger partial charge in [0, 0.05) is 10.8 Å². The van der Waals surface area contributed by atoms with E-state index in [9.17, 15) is 9.90 Å². The molecule has 0 bridgehead atoms. The van der Waals surface area contributed by atoms with Crippen LogP contribution in [-0.2, 0) is 11.2 Å². The number of para-hydroxylation sites is 1. The minimum atomic E-state index is -0.960. The van der Waals surface area contributed by atoms with Crippen LogP contribution in [0.2, 0.25) is 0 Å². The average molecular weight is 346 g/mol. The molecule has 4 rings (SSSR count). The lowest BCUT2D eigenvalue weighted by Gasteiger charge is -2.15. The van der Waals surface area contributed by atoms with Gasteiger partial charge in [-0.15, -0.1) is 0 Å². The normalized spacial score (nSPS) is 12.3. The molecule has 0 saturated carbocycles. The van der Waals surface area contributed by atoms with Gasteiger partial charge in [-0.1, -0.05) is 48.5 Å². The van der Waals surface area contributed by atoms with E-state index < -0.39 is 12.1 Å². The first-order chi connectivity index (χ1) is 12.7. The molecule has 0 spiro atoms. The topological polar surface area (TPSA) is 59.7 Å². The second-order valence-corrected chi connectivity index (χ2v) is 6.23. The molecule has 26 heavy (non-hydrogen) atoms. The van der Waals surface area contributed by atoms with E-state index in [2.05, 4.69) is 0 Å². The van der Waals surface area contributed by atoms with Crippen LogP contribution in [-0.4, -0.2) is 17.2 Å². The fraction of sp³-hybridized carbons (Fsp3) is 0.136. The van der Waals surface area contributed by atoms with Crippen LogP contribution in [0.25, 0.3) is 21.9 Å². The van der Waals surface area contributed by atoms with E-state index in [-0.39, 0.29) is 0 Å². The van der Waals surface area contributed by atoms with E-state index in [0.29, 0.717) is 18.6 Å². The van der Waals surface area contributed by atoms with Gasteiger partial charge >= 0.3 is 5.97 Å². The van der Waals surface area contributed by atoms with Crippen molar-refractivity contribution in [1.29, 1.82) is 0 Å². The van der Waals surface area contributed by atoms with Crippen molar-refractivity contribution in [2.45, 2.75) is 18.9 Å². The Balaban J connectivity index is 1.57. The van der Waals surface area contributed by atoms with Gasteiger partial charge in [-0.25, -0.2) is 4.79 Å². The summed E-state index contributed by atoms with van der Waals surface area (Å²) < 4.78 is 11.6. The third-order valence-electron chi connectivity index (χ3n) is 4.44. The molecule has 1 aromatic heterocycles. The van der Waals surface area contributed by atoms with Crippen molar-refractivity contribution in [2.75, 3.05) is 0 Å². The number of benzene rings is 3. The molecule has 4 aromatic rings. The van der Waals surface area contributed by atoms with Gasteiger partial charge in [-0.3, -0.25) is 0 Å². The molecule has 3 aromatic carbocycles. The van der Waals surface area contributed by atoms with Crippen LogP contribution in [0.15, 0.2) is 77.2 Å². The van der Waals surface area contributed by atoms with Gasteiger partial charge in [0.25, 0.3) is 0 Å². The number of carboxylic acid groups (broad SMARTS) is 1. The lowest BCUT2D eigenvalue weighted by Crippen LogP contribution is -2.27. The average Bonchev–Trinajstić information content (AvgIpc) is 3.04. The molecule has 4 nitrogen and oxygen atoms in total. The third-order valence-corrected chi connectivity index (χ3v) is 4.44. The molecule has 1 heterocycles. The van der Waals surface area contributed by atoms with Crippen molar-refractivity contribution < 1.29 is 19.1 Å². The van der Waals surface area contributed by atoms with Gasteiger partial charge in [-0.05, 0) is 42.7 Å². The Kier molecular flexibility index (Phi) is 4.32. The molecule has 0 radical (unpaired) electrons. The van der Waals surface area contributed by atoms with Gasteiger partial charge in [-0.2, -0.15) is 0 Å². The lowest BCUT2D eigenvalue weighted by molar-refractivity contribution is -0.145. The van der Waals surface area contributed by atoms with Gasteiger partial charge in [0.2, 0.25) is 0 Å². The summed E-state index contributed by atoms with van der Waals surface area (Å²) in [5.41, 5.74) is 2.66. The maximum absolute atomic E-state index is 11.6. The molecule has 0 saturated heterocycles. The molecule has 1 atom stereocenters. The van der Waals surface area contributed by atoms with Crippen molar-refractivity contribution in [2.24, 2.45) is 0 Å². The largest absolute Gasteiger partial charge is 0.479 e. The number of hydrogen-bond donors (Lipinski definition) is 1. The quantitative estimate of drug-likeness (QED) is 0.531. The maximum atomic E-state index is 11.6. The SMILES string of the molecule is O=C(O)C(CCc1ccccc1)Oc1ccc2oc3ccccc3c2c1. The second-order valence-electron chi connectivity index (χ2n) is 6.23. The molecule has 1 N–H and O–H groups in total. The number of aryl methyl sites for hydroxylation is 1. The van der Waals surface area contributed by atoms with E-state index in [1.54, 1.807) is 6.07 Å². The van der Waals surface area contributed by atoms with Crippen molar-refractivity contribution in [3.05, 3.63) is 78.4 Å². The van der Waals surface area contributed by atoms with Crippen LogP contribution < -0.4 is 4.74 Å². The van der Waals surface area contributed by atoms with Crippen LogP contribution in [0.3, 0.4) is 0 Å². The van der Waals surface area contributed by atoms with Crippen LogP contribution in [0.4, 0.5) is 0 Å². The van der Waals surface area contributed by atoms with Crippen molar-refractivity contribution in [3.8, 4) is 5.75 Å². The van der Waals surface area contributed by atoms with E-state index in [4.69, 9.17) is 9.15 Å². The van der Waals surface area contributed by atoms with Crippen molar-refractivity contribution in [3.63, 3.8) is 0 Å². The van der Waals surface area contributed by atoms with Gasteiger partial charge in [0.05, 0.1) is 0 Å². The summed E-state index contributed by atoms with van der Waals surface area (Å²) >= 11 is 0. The Bertz CT molecular complexity index is 1050. The minimum absolute atomic E-state index is 0.406. The summed E-state index contributed by atoms with van der Waals surface area (Å²) in [6.45, 7) is 0. The standard InChI is InChI=1S/C22H18O4/c23-22(24)21(12-10-15-6-2-1-3-7-15)25-16-11-13-20-18(14-16)17-8-4-5-9-19(17)26-20/h1-9,11,13-14,21H,10,12H2,(H,23,24). The number of carboxylic acids is 1. The molecule has 0 aliphatic carbocycles. The highest BCUT2D eigenvalue weighted by atomic mass is 16.5. The fourth-order valence-electron chi connectivity index (χ4n) is 3.12. The molecule has 0 aliphatic heterocycles. The Morgan fingerprint density at radius 3 is 2.46 bits per heavy atom. The Hall–Kier alpha value is -3.27. The van der Waals surface area contributed by atoms with Crippen LogP contribution >= 0.6 is 0 Å². The molecule has 0 amide bonds. The van der Waals surface area contributed by atoms with E-state index in [1.807, 2.05) is 66.7 Å². The smallest absolute Gasteiger partial charge is 0.344 e. The number of aliphatic carboxylic acids is 1. The number of fused-ring (bicyclic) bond motifs is 3. The van der Waals surface area contributed by atoms with Gasteiger partial charge < -0.3 is 14.3 Å². The number of furan rings is 1. The maximum Gasteiger partial charge on any atom is 0.344 e. The van der Waals surface area contributed by atoms with Crippen molar-refractivity contribution in [1.82, 2.24) is 0 Å². The van der Waals surface area contributed by atoms with E-state index in [1.165, 1.54) is 0 Å². The van der Waals surface area contributed by atoms with Crippen LogP contribution in [0.5, 0.6) is 5.75 Å². The number of ether oxygens (including phenoxy) is 1. The highest BCUT2D eigenvalue weighted by Crippen LogP contribution is 2.31. The molecule has 4 heteroatoms. The lowest BCUT2D eigenvalue weighted by atomic mass is 10.1. The van der Waals surface area contributed by atoms with Crippen molar-refractivity contribution >= 4 is 27.9 Å². The highest BCUT2D eigenvalue weighted by Gasteiger charge is 2.20. The molecular weight excluding hydrogens is 328 g/mol. The first-order valence-corrected chi connectivity index (χ1v) is 8.55. The zero-order valence-corrected chi connectivity index (χ0v) is 14.1. The Labute approximate surface area is 150 Å². The highest BCUT2D eigenvalue weighted by molar-refractivity contribution is 6.05. The summed E-state index contributed by atoms with van der Waals surface area (Å²) in [5.74, 6) is -0.428. The predicted octanol–water partition coefficient (Wildman–Crippen LogP) is 5.05. The van der Waals surface area contributed by atoms with Crippen LogP contribution in [0.1, 0.15) is 12.0 Å². The fourth-order valence-corrected chi connectivity index (χ4v) is 3.12. The third kappa shape index (κ3) is 3.26. The molecular formula is C22H18O4. The van der Waals surface area contributed by atoms with E-state index in [0.717, 1.165) is 27.5 Å². The first kappa shape index (κ1) is 16.2. The van der Waals surface area contributed by atoms with E-state index >= 15 is 0 Å². The monoisotopic (exact) mass is 346 g/mol. The molecule has 0 aliphatic rings. The molecule has 130 valence electrons. The zero-order chi connectivity index (χ0) is 17.9. The minimum Gasteiger partial charge on any atom is -0.479 e. The number of rotatable bonds is 6. The second kappa shape index (κ2) is 6.92. The van der Waals surface area contributed by atoms with Crippen LogP contribution in [0, 0.1) is 0 Å². The zero-order valence-electron chi connectivity index (χ0n) is 14.1. The summed E-state index contributed by atoms with van der Waals surface area (Å²) in [7, 11) is 0. The number of hydrogen-bond acceptors (Lipinski definition) is 3. The first-order valence-electron chi connectivity index (χ1n) is 8.55. The summed E-state index contributed by atoms with van der Waals surface area (Å²) in [4.78, 5) is 11.6. The van der Waals surface area contributed by atoms with Gasteiger partial charge in [0.15, 0.2) is 6.10 Å². The Morgan fingerprint density at radius 1 is 0.923 bits per heavy atom. The number of carbonyl (C=O) groups is 1. The predicted molar refractivity (Wildman–Crippen MR) is 101 cm³/mol. The molecule has 1 unspecified atom stereocenters. The Morgan fingerprint density at radius 2 is 1.65 bits per heavy atom. The summed E-state index contributed by atoms with van der Waals surface area (Å²) in [5, 5.41) is 11.4. The summed E-state index contributed by atoms with van der Waals surface area (Å²) in [6.07, 6.45) is 0.156. The molecule has 0 fully saturated rings. The summed E-state index contributed by atoms with van der Waals surface area (Å²) in [6, 6.07) is 23.0. The van der Waals surface area contributed by atoms with Gasteiger partial charge in [0.1, 0.15) is 16.9 Å².